The van der Waals surface area contributed by atoms with Gasteiger partial charge in [-0.3, -0.25) is 0 Å². The van der Waals surface area contributed by atoms with Gasteiger partial charge in [0.15, 0.2) is 0 Å². The number of rotatable bonds is 0. The first-order valence-electron chi connectivity index (χ1n) is 4.14. The van der Waals surface area contributed by atoms with Gasteiger partial charge in [-0.05, 0) is 24.7 Å². The van der Waals surface area contributed by atoms with Crippen molar-refractivity contribution in [1.29, 1.82) is 0 Å². The standard InChI is InChI=1S/C8H13NO2/c1-11-8(10)9-3-2-6-4-7(6)5-9/h6-7H,2-5H2,1H3. The molecule has 2 aliphatic rings. The van der Waals surface area contributed by atoms with Crippen molar-refractivity contribution in [1.82, 2.24) is 4.90 Å². The van der Waals surface area contributed by atoms with Crippen LogP contribution in [0.2, 0.25) is 0 Å². The van der Waals surface area contributed by atoms with Gasteiger partial charge in [0.1, 0.15) is 0 Å². The topological polar surface area (TPSA) is 29.5 Å². The number of carbonyl (C=O) groups excluding carboxylic acids is 1. The smallest absolute Gasteiger partial charge is 0.409 e. The zero-order valence-electron chi connectivity index (χ0n) is 6.75. The molecule has 0 aromatic heterocycles. The number of hydrogen-bond donors (Lipinski definition) is 0. The van der Waals surface area contributed by atoms with Crippen LogP contribution in [-0.4, -0.2) is 31.2 Å². The van der Waals surface area contributed by atoms with Crippen LogP contribution >= 0.6 is 0 Å². The van der Waals surface area contributed by atoms with Gasteiger partial charge in [0, 0.05) is 13.1 Å². The molecule has 3 nitrogen and oxygen atoms in total. The molecule has 0 aromatic carbocycles. The number of nitrogens with zero attached hydrogens (tertiary/aromatic N) is 1. The Bertz CT molecular complexity index is 181. The Morgan fingerprint density at radius 3 is 3.00 bits per heavy atom. The van der Waals surface area contributed by atoms with Crippen molar-refractivity contribution in [2.45, 2.75) is 12.8 Å². The fourth-order valence-electron chi connectivity index (χ4n) is 1.88. The Labute approximate surface area is 66.3 Å². The molecule has 2 fully saturated rings. The third-order valence-corrected chi connectivity index (χ3v) is 2.73. The van der Waals surface area contributed by atoms with E-state index in [2.05, 4.69) is 4.74 Å². The maximum absolute atomic E-state index is 11.0. The molecule has 1 aliphatic heterocycles. The highest BCUT2D eigenvalue weighted by molar-refractivity contribution is 5.67. The van der Waals surface area contributed by atoms with Gasteiger partial charge in [-0.25, -0.2) is 4.79 Å². The molecule has 1 aliphatic carbocycles. The van der Waals surface area contributed by atoms with Crippen LogP contribution in [0.25, 0.3) is 0 Å². The summed E-state index contributed by atoms with van der Waals surface area (Å²) < 4.78 is 4.64. The monoisotopic (exact) mass is 155 g/mol. The number of likely N-dealkylation sites (tertiary alicyclic amines) is 1. The zero-order chi connectivity index (χ0) is 7.84. The first-order chi connectivity index (χ1) is 5.31. The number of hydrogen-bond acceptors (Lipinski definition) is 2. The van der Waals surface area contributed by atoms with Crippen molar-refractivity contribution >= 4 is 6.09 Å². The quantitative estimate of drug-likeness (QED) is 0.524. The van der Waals surface area contributed by atoms with Crippen molar-refractivity contribution in [2.75, 3.05) is 20.2 Å². The normalized spacial score (nSPS) is 34.5. The molecule has 0 radical (unpaired) electrons. The summed E-state index contributed by atoms with van der Waals surface area (Å²) >= 11 is 0. The van der Waals surface area contributed by atoms with Gasteiger partial charge in [-0.2, -0.15) is 0 Å². The van der Waals surface area contributed by atoms with Crippen LogP contribution in [0.5, 0.6) is 0 Å². The average Bonchev–Trinajstić information content (AvgIpc) is 2.80. The van der Waals surface area contributed by atoms with Gasteiger partial charge in [0.05, 0.1) is 7.11 Å². The number of fused-ring (bicyclic) bond motifs is 1. The second-order valence-corrected chi connectivity index (χ2v) is 3.46. The molecular weight excluding hydrogens is 142 g/mol. The summed E-state index contributed by atoms with van der Waals surface area (Å²) in [4.78, 5) is 12.8. The summed E-state index contributed by atoms with van der Waals surface area (Å²) in [7, 11) is 1.45. The van der Waals surface area contributed by atoms with E-state index in [0.717, 1.165) is 24.9 Å². The Balaban J connectivity index is 1.89. The van der Waals surface area contributed by atoms with E-state index >= 15 is 0 Å². The fourth-order valence-corrected chi connectivity index (χ4v) is 1.88. The van der Waals surface area contributed by atoms with E-state index in [0.29, 0.717) is 0 Å². The molecule has 1 saturated carbocycles. The van der Waals surface area contributed by atoms with E-state index in [1.807, 2.05) is 4.90 Å². The predicted octanol–water partition coefficient (Wildman–Crippen LogP) is 1.09. The minimum atomic E-state index is -0.157. The Hall–Kier alpha value is -0.730. The third-order valence-electron chi connectivity index (χ3n) is 2.73. The Morgan fingerprint density at radius 2 is 2.36 bits per heavy atom. The molecule has 62 valence electrons. The number of piperidine rings is 1. The van der Waals surface area contributed by atoms with Gasteiger partial charge >= 0.3 is 6.09 Å². The van der Waals surface area contributed by atoms with E-state index in [1.54, 1.807) is 0 Å². The summed E-state index contributed by atoms with van der Waals surface area (Å²) in [5.74, 6) is 1.72. The van der Waals surface area contributed by atoms with Gasteiger partial charge in [0.25, 0.3) is 0 Å². The van der Waals surface area contributed by atoms with Crippen LogP contribution in [0.4, 0.5) is 4.79 Å². The average molecular weight is 155 g/mol. The van der Waals surface area contributed by atoms with Crippen LogP contribution in [0.3, 0.4) is 0 Å². The highest BCUT2D eigenvalue weighted by Gasteiger charge is 2.42. The lowest BCUT2D eigenvalue weighted by Gasteiger charge is -2.24. The Kier molecular flexibility index (Phi) is 1.51. The number of ether oxygens (including phenoxy) is 1. The van der Waals surface area contributed by atoms with Crippen molar-refractivity contribution < 1.29 is 9.53 Å². The molecule has 3 heteroatoms. The van der Waals surface area contributed by atoms with E-state index < -0.39 is 0 Å². The van der Waals surface area contributed by atoms with Crippen LogP contribution < -0.4 is 0 Å². The summed E-state index contributed by atoms with van der Waals surface area (Å²) in [5, 5.41) is 0. The number of carbonyl (C=O) groups is 1. The third kappa shape index (κ3) is 1.19. The molecule has 2 unspecified atom stereocenters. The SMILES string of the molecule is COC(=O)N1CCC2CC2C1. The van der Waals surface area contributed by atoms with E-state index in [4.69, 9.17) is 0 Å². The van der Waals surface area contributed by atoms with Crippen molar-refractivity contribution in [2.24, 2.45) is 11.8 Å². The highest BCUT2D eigenvalue weighted by atomic mass is 16.5. The summed E-state index contributed by atoms with van der Waals surface area (Å²) in [6, 6.07) is 0. The van der Waals surface area contributed by atoms with Crippen molar-refractivity contribution in [3.05, 3.63) is 0 Å². The molecule has 0 N–H and O–H groups in total. The molecule has 1 amide bonds. The minimum Gasteiger partial charge on any atom is -0.453 e. The Morgan fingerprint density at radius 1 is 1.55 bits per heavy atom. The number of methoxy groups -OCH3 is 1. The van der Waals surface area contributed by atoms with E-state index in [9.17, 15) is 4.79 Å². The molecule has 2 atom stereocenters. The van der Waals surface area contributed by atoms with Crippen molar-refractivity contribution in [3.8, 4) is 0 Å². The van der Waals surface area contributed by atoms with Gasteiger partial charge in [-0.15, -0.1) is 0 Å². The highest BCUT2D eigenvalue weighted by Crippen LogP contribution is 2.44. The molecule has 0 bridgehead atoms. The lowest BCUT2D eigenvalue weighted by molar-refractivity contribution is 0.113. The van der Waals surface area contributed by atoms with Crippen LogP contribution in [-0.2, 0) is 4.74 Å². The second-order valence-electron chi connectivity index (χ2n) is 3.46. The molecule has 11 heavy (non-hydrogen) atoms. The minimum absolute atomic E-state index is 0.157. The lowest BCUT2D eigenvalue weighted by Crippen LogP contribution is -2.36. The maximum Gasteiger partial charge on any atom is 0.409 e. The van der Waals surface area contributed by atoms with E-state index in [-0.39, 0.29) is 6.09 Å². The summed E-state index contributed by atoms with van der Waals surface area (Å²) in [6.07, 6.45) is 2.35. The second kappa shape index (κ2) is 2.40. The zero-order valence-corrected chi connectivity index (χ0v) is 6.75. The van der Waals surface area contributed by atoms with Crippen LogP contribution in [0, 0.1) is 11.8 Å². The lowest BCUT2D eigenvalue weighted by atomic mass is 10.1. The van der Waals surface area contributed by atoms with Crippen LogP contribution in [0.15, 0.2) is 0 Å². The maximum atomic E-state index is 11.0. The van der Waals surface area contributed by atoms with Gasteiger partial charge < -0.3 is 9.64 Å². The van der Waals surface area contributed by atoms with Crippen molar-refractivity contribution in [3.63, 3.8) is 0 Å². The largest absolute Gasteiger partial charge is 0.453 e. The van der Waals surface area contributed by atoms with Crippen LogP contribution in [0.1, 0.15) is 12.8 Å². The molecule has 2 rings (SSSR count). The first-order valence-corrected chi connectivity index (χ1v) is 4.14. The molecular formula is C8H13NO2. The predicted molar refractivity (Wildman–Crippen MR) is 40.2 cm³/mol. The number of amides is 1. The first kappa shape index (κ1) is 6.95. The molecule has 0 spiro atoms. The fraction of sp³-hybridized carbons (Fsp3) is 0.875. The molecule has 1 saturated heterocycles. The van der Waals surface area contributed by atoms with E-state index in [1.165, 1.54) is 20.0 Å². The summed E-state index contributed by atoms with van der Waals surface area (Å²) in [6.45, 7) is 1.82. The molecule has 0 aromatic rings. The molecule has 1 heterocycles. The van der Waals surface area contributed by atoms with Gasteiger partial charge in [0.2, 0.25) is 0 Å². The van der Waals surface area contributed by atoms with Gasteiger partial charge in [-0.1, -0.05) is 0 Å². The summed E-state index contributed by atoms with van der Waals surface area (Å²) in [5.41, 5.74) is 0.